The van der Waals surface area contributed by atoms with Gasteiger partial charge < -0.3 is 19.2 Å². The first-order chi connectivity index (χ1) is 19.2. The van der Waals surface area contributed by atoms with Crippen molar-refractivity contribution in [2.45, 2.75) is 91.1 Å². The number of fused-ring (bicyclic) bond motifs is 4. The number of pyridine rings is 1. The lowest BCUT2D eigenvalue weighted by Crippen LogP contribution is -2.47. The molecule has 218 valence electrons. The number of hydrogen-bond donors (Lipinski definition) is 1. The summed E-state index contributed by atoms with van der Waals surface area (Å²) < 4.78 is 26.9. The molecule has 0 unspecified atom stereocenters. The summed E-state index contributed by atoms with van der Waals surface area (Å²) in [5, 5.41) is 12.2. The van der Waals surface area contributed by atoms with Crippen molar-refractivity contribution in [2.24, 2.45) is 0 Å². The van der Waals surface area contributed by atoms with Crippen LogP contribution in [0.5, 0.6) is 0 Å². The van der Waals surface area contributed by atoms with Crippen molar-refractivity contribution < 1.29 is 23.5 Å². The molecule has 1 atom stereocenters. The maximum atomic E-state index is 15.3. The van der Waals surface area contributed by atoms with Gasteiger partial charge in [-0.05, 0) is 55.1 Å². The largest absolute Gasteiger partial charge is 0.459 e. The Morgan fingerprint density at radius 1 is 1.27 bits per heavy atom. The predicted octanol–water partition coefficient (Wildman–Crippen LogP) is 6.17. The van der Waals surface area contributed by atoms with E-state index in [2.05, 4.69) is 57.5 Å². The zero-order valence-corrected chi connectivity index (χ0v) is 26.5. The minimum atomic E-state index is -1.86. The lowest BCUT2D eigenvalue weighted by Gasteiger charge is -2.37. The molecule has 0 spiro atoms. The molecule has 6 nitrogen and oxygen atoms in total. The molecule has 0 radical (unpaired) electrons. The highest BCUT2D eigenvalue weighted by atomic mass is 28.4. The van der Waals surface area contributed by atoms with Crippen molar-refractivity contribution in [2.75, 3.05) is 19.8 Å². The quantitative estimate of drug-likeness (QED) is 0.199. The summed E-state index contributed by atoms with van der Waals surface area (Å²) in [4.78, 5) is 19.7. The Hall–Kier alpha value is -2.99. The Balaban J connectivity index is 1.56. The van der Waals surface area contributed by atoms with E-state index in [1.54, 1.807) is 13.8 Å². The van der Waals surface area contributed by atoms with Crippen LogP contribution in [0.3, 0.4) is 0 Å². The topological polar surface area (TPSA) is 71.9 Å². The molecule has 1 N–H and O–H groups in total. The lowest BCUT2D eigenvalue weighted by molar-refractivity contribution is -0.163. The molecule has 0 saturated carbocycles. The average molecular weight is 577 g/mol. The monoisotopic (exact) mass is 576 g/mol. The van der Waals surface area contributed by atoms with Crippen molar-refractivity contribution in [3.63, 3.8) is 0 Å². The van der Waals surface area contributed by atoms with Crippen molar-refractivity contribution in [3.8, 4) is 11.8 Å². The number of cyclic esters (lactones) is 1. The molecule has 4 heterocycles. The average Bonchev–Trinajstić information content (AvgIpc) is 3.27. The second-order valence-electron chi connectivity index (χ2n) is 12.9. The van der Waals surface area contributed by atoms with Crippen LogP contribution in [0, 0.1) is 24.6 Å². The molecule has 0 bridgehead atoms. The molecule has 1 aromatic heterocycles. The third kappa shape index (κ3) is 4.82. The van der Waals surface area contributed by atoms with E-state index in [0.29, 0.717) is 48.3 Å². The maximum Gasteiger partial charge on any atom is 0.343 e. The molecule has 0 fully saturated rings. The van der Waals surface area contributed by atoms with Crippen LogP contribution in [-0.4, -0.2) is 54.6 Å². The SMILES string of the molecule is CCc1c2c(nc3cc(F)c(C)c(C#CCCO[Si](C)(C)C(C)(C)C)c13)C1=CC3=C(COC(=O)[C@]3(O)CC)CN1C2. The van der Waals surface area contributed by atoms with Gasteiger partial charge in [0.25, 0.3) is 0 Å². The number of carbonyl (C=O) groups excluding carboxylic acids is 1. The Bertz CT molecular complexity index is 1570. The van der Waals surface area contributed by atoms with Crippen LogP contribution in [0.4, 0.5) is 4.39 Å². The van der Waals surface area contributed by atoms with E-state index in [-0.39, 0.29) is 23.9 Å². The molecule has 0 saturated heterocycles. The molecule has 1 aromatic carbocycles. The number of aromatic nitrogens is 1. The summed E-state index contributed by atoms with van der Waals surface area (Å²) in [6.45, 7) is 18.7. The molecule has 3 aliphatic heterocycles. The van der Waals surface area contributed by atoms with Crippen LogP contribution >= 0.6 is 0 Å². The predicted molar refractivity (Wildman–Crippen MR) is 162 cm³/mol. The van der Waals surface area contributed by atoms with E-state index in [1.165, 1.54) is 6.07 Å². The zero-order chi connectivity index (χ0) is 29.9. The number of carbonyl (C=O) groups is 1. The number of esters is 1. The van der Waals surface area contributed by atoms with E-state index in [0.717, 1.165) is 39.9 Å². The highest BCUT2D eigenvalue weighted by Crippen LogP contribution is 2.45. The van der Waals surface area contributed by atoms with Gasteiger partial charge >= 0.3 is 5.97 Å². The van der Waals surface area contributed by atoms with Crippen molar-refractivity contribution in [3.05, 3.63) is 57.1 Å². The first-order valence-corrected chi connectivity index (χ1v) is 17.5. The number of hydrogen-bond acceptors (Lipinski definition) is 6. The Morgan fingerprint density at radius 3 is 2.66 bits per heavy atom. The standard InChI is InChI=1S/C33H41FN2O4Si/c1-9-22-24-18-36-17-21-19-39-31(37)33(38,10-2)25(21)15-28(36)30(24)35-27-16-26(34)20(3)23(29(22)27)13-11-12-14-40-41(7,8)32(4,5)6/h15-16,38H,9-10,12,14,17-19H2,1-8H3/t33-/m0/s1. The fourth-order valence-electron chi connectivity index (χ4n) is 5.80. The summed E-state index contributed by atoms with van der Waals surface area (Å²) in [6.07, 6.45) is 3.42. The molecule has 0 aliphatic carbocycles. The number of aliphatic hydroxyl groups is 1. The maximum absolute atomic E-state index is 15.3. The fraction of sp³-hybridized carbons (Fsp3) is 0.515. The zero-order valence-electron chi connectivity index (χ0n) is 25.5. The third-order valence-electron chi connectivity index (χ3n) is 9.40. The van der Waals surface area contributed by atoms with Gasteiger partial charge in [-0.1, -0.05) is 46.5 Å². The van der Waals surface area contributed by atoms with E-state index in [4.69, 9.17) is 14.1 Å². The third-order valence-corrected chi connectivity index (χ3v) is 13.9. The summed E-state index contributed by atoms with van der Waals surface area (Å²) >= 11 is 0. The molecule has 0 amide bonds. The van der Waals surface area contributed by atoms with Gasteiger partial charge in [-0.25, -0.2) is 14.2 Å². The van der Waals surface area contributed by atoms with Gasteiger partial charge in [-0.2, -0.15) is 0 Å². The molecule has 8 heteroatoms. The Kier molecular flexibility index (Phi) is 7.46. The van der Waals surface area contributed by atoms with Gasteiger partial charge in [0, 0.05) is 59.8 Å². The number of rotatable bonds is 5. The Labute approximate surface area is 243 Å². The van der Waals surface area contributed by atoms with Gasteiger partial charge in [-0.3, -0.25) is 0 Å². The highest BCUT2D eigenvalue weighted by Gasteiger charge is 2.47. The summed E-state index contributed by atoms with van der Waals surface area (Å²) in [5.74, 6) is 5.61. The van der Waals surface area contributed by atoms with Crippen LogP contribution in [0.2, 0.25) is 18.1 Å². The van der Waals surface area contributed by atoms with Crippen LogP contribution in [0.25, 0.3) is 16.6 Å². The number of nitrogens with zero attached hydrogens (tertiary/aromatic N) is 2. The smallest absolute Gasteiger partial charge is 0.343 e. The van der Waals surface area contributed by atoms with Crippen LogP contribution in [-0.2, 0) is 26.9 Å². The molecule has 5 rings (SSSR count). The minimum absolute atomic E-state index is 0.132. The second kappa shape index (κ2) is 10.4. The number of halogens is 1. The van der Waals surface area contributed by atoms with Gasteiger partial charge in [-0.15, -0.1) is 0 Å². The lowest BCUT2D eigenvalue weighted by atomic mass is 9.83. The van der Waals surface area contributed by atoms with Gasteiger partial charge in [0.1, 0.15) is 12.4 Å². The number of benzene rings is 1. The van der Waals surface area contributed by atoms with Gasteiger partial charge in [0.2, 0.25) is 0 Å². The van der Waals surface area contributed by atoms with Crippen molar-refractivity contribution in [1.82, 2.24) is 9.88 Å². The second-order valence-corrected chi connectivity index (χ2v) is 17.7. The minimum Gasteiger partial charge on any atom is -0.459 e. The molecule has 2 aromatic rings. The molecule has 3 aliphatic rings. The van der Waals surface area contributed by atoms with Crippen LogP contribution < -0.4 is 0 Å². The molecular weight excluding hydrogens is 535 g/mol. The first kappa shape index (κ1) is 29.5. The van der Waals surface area contributed by atoms with Crippen molar-refractivity contribution >= 4 is 30.9 Å². The summed E-state index contributed by atoms with van der Waals surface area (Å²) in [6, 6.07) is 1.51. The Morgan fingerprint density at radius 2 is 2.00 bits per heavy atom. The summed E-state index contributed by atoms with van der Waals surface area (Å²) in [5.41, 5.74) is 5.48. The normalized spacial score (nSPS) is 20.3. The highest BCUT2D eigenvalue weighted by molar-refractivity contribution is 6.74. The molecule has 41 heavy (non-hydrogen) atoms. The number of aryl methyl sites for hydroxylation is 1. The number of ether oxygens (including phenoxy) is 1. The first-order valence-electron chi connectivity index (χ1n) is 14.6. The van der Waals surface area contributed by atoms with Crippen LogP contribution in [0.1, 0.15) is 75.4 Å². The van der Waals surface area contributed by atoms with E-state index >= 15 is 4.39 Å². The molecular formula is C33H41FN2O4Si. The van der Waals surface area contributed by atoms with Crippen molar-refractivity contribution in [1.29, 1.82) is 0 Å². The fourth-order valence-corrected chi connectivity index (χ4v) is 6.84. The van der Waals surface area contributed by atoms with Gasteiger partial charge in [0.15, 0.2) is 13.9 Å². The van der Waals surface area contributed by atoms with E-state index in [1.807, 2.05) is 6.08 Å². The van der Waals surface area contributed by atoms with Gasteiger partial charge in [0.05, 0.1) is 16.9 Å². The van der Waals surface area contributed by atoms with E-state index in [9.17, 15) is 9.90 Å². The summed E-state index contributed by atoms with van der Waals surface area (Å²) in [7, 11) is -1.86. The van der Waals surface area contributed by atoms with Crippen LogP contribution in [0.15, 0.2) is 23.3 Å². The van der Waals surface area contributed by atoms with E-state index < -0.39 is 19.9 Å².